The molecule has 1 saturated carbocycles. The molecule has 0 aromatic heterocycles. The van der Waals surface area contributed by atoms with Gasteiger partial charge in [-0.3, -0.25) is 0 Å². The van der Waals surface area contributed by atoms with Gasteiger partial charge in [-0.1, -0.05) is 254 Å². The fraction of sp³-hybridized carbons (Fsp3) is 0.188. The van der Waals surface area contributed by atoms with Crippen LogP contribution in [0.15, 0.2) is 230 Å². The highest BCUT2D eigenvalue weighted by Crippen LogP contribution is 2.54. The molecule has 0 amide bonds. The van der Waals surface area contributed by atoms with Crippen LogP contribution < -0.4 is 0 Å². The smallest absolute Gasteiger partial charge is 0.0491 e. The summed E-state index contributed by atoms with van der Waals surface area (Å²) in [6.07, 6.45) is 14.4. The average Bonchev–Trinajstić information content (AvgIpc) is 3.62. The Morgan fingerprint density at radius 1 is 0.406 bits per heavy atom. The van der Waals surface area contributed by atoms with Crippen molar-refractivity contribution in [2.45, 2.75) is 84.0 Å². The maximum Gasteiger partial charge on any atom is 0.0491 e. The van der Waals surface area contributed by atoms with Gasteiger partial charge in [-0.2, -0.15) is 0 Å². The second kappa shape index (κ2) is 19.4. The first-order chi connectivity index (χ1) is 33.7. The van der Waals surface area contributed by atoms with Gasteiger partial charge in [0.2, 0.25) is 0 Å². The summed E-state index contributed by atoms with van der Waals surface area (Å²) < 4.78 is 0. The second-order valence-corrected chi connectivity index (χ2v) is 19.9. The molecule has 69 heavy (non-hydrogen) atoms. The quantitative estimate of drug-likeness (QED) is 0.155. The van der Waals surface area contributed by atoms with Crippen LogP contribution in [0, 0.1) is 13.8 Å². The van der Waals surface area contributed by atoms with Gasteiger partial charge in [0.1, 0.15) is 0 Å². The molecule has 0 atom stereocenters. The van der Waals surface area contributed by atoms with Crippen LogP contribution in [0.2, 0.25) is 0 Å². The highest BCUT2D eigenvalue weighted by molar-refractivity contribution is 6.25. The van der Waals surface area contributed by atoms with Crippen molar-refractivity contribution in [2.24, 2.45) is 0 Å². The van der Waals surface area contributed by atoms with Crippen LogP contribution in [0.4, 0.5) is 0 Å². The van der Waals surface area contributed by atoms with E-state index in [1.807, 2.05) is 0 Å². The van der Waals surface area contributed by atoms with E-state index < -0.39 is 0 Å². The first kappa shape index (κ1) is 45.5. The molecule has 0 saturated heterocycles. The lowest BCUT2D eigenvalue weighted by atomic mass is 9.65. The highest BCUT2D eigenvalue weighted by Gasteiger charge is 2.42. The summed E-state index contributed by atoms with van der Waals surface area (Å²) in [5, 5.41) is 8.08. The van der Waals surface area contributed by atoms with Crippen LogP contribution in [0.3, 0.4) is 0 Å². The Labute approximate surface area is 411 Å². The Morgan fingerprint density at radius 3 is 1.55 bits per heavy atom. The molecule has 1 fully saturated rings. The van der Waals surface area contributed by atoms with Crippen LogP contribution in [0.1, 0.15) is 104 Å². The van der Waals surface area contributed by atoms with Crippen LogP contribution in [0.5, 0.6) is 0 Å². The normalized spacial score (nSPS) is 17.0. The van der Waals surface area contributed by atoms with E-state index in [2.05, 4.69) is 254 Å². The van der Waals surface area contributed by atoms with E-state index in [1.54, 1.807) is 11.1 Å². The van der Waals surface area contributed by atoms with Gasteiger partial charge >= 0.3 is 0 Å². The molecule has 0 unspecified atom stereocenters. The molecule has 0 aliphatic heterocycles. The van der Waals surface area contributed by atoms with Crippen LogP contribution in [0.25, 0.3) is 54.6 Å². The van der Waals surface area contributed by atoms with Crippen molar-refractivity contribution in [3.05, 3.63) is 275 Å². The molecule has 0 bridgehead atoms. The number of hydrogen-bond acceptors (Lipinski definition) is 0. The van der Waals surface area contributed by atoms with Crippen LogP contribution in [-0.2, 0) is 10.8 Å². The van der Waals surface area contributed by atoms with E-state index in [4.69, 9.17) is 0 Å². The molecule has 9 aromatic rings. The molecule has 3 aliphatic carbocycles. The summed E-state index contributed by atoms with van der Waals surface area (Å²) in [6, 6.07) is 70.7. The van der Waals surface area contributed by atoms with Gasteiger partial charge in [0, 0.05) is 10.8 Å². The zero-order valence-corrected chi connectivity index (χ0v) is 41.2. The highest BCUT2D eigenvalue weighted by atomic mass is 14.5. The Bertz CT molecular complexity index is 3350. The van der Waals surface area contributed by atoms with E-state index in [1.165, 1.54) is 126 Å². The number of allylic oxidation sites excluding steroid dienone is 7. The molecular weight excluding hydrogens is 829 g/mol. The number of benzene rings is 9. The molecule has 12 rings (SSSR count). The maximum atomic E-state index is 4.37. The van der Waals surface area contributed by atoms with Gasteiger partial charge in [0.25, 0.3) is 0 Å². The van der Waals surface area contributed by atoms with Gasteiger partial charge in [0.15, 0.2) is 0 Å². The van der Waals surface area contributed by atoms with E-state index in [9.17, 15) is 0 Å². The van der Waals surface area contributed by atoms with Gasteiger partial charge < -0.3 is 0 Å². The second-order valence-electron chi connectivity index (χ2n) is 19.9. The molecule has 0 N–H and O–H groups in total. The molecule has 9 aromatic carbocycles. The van der Waals surface area contributed by atoms with Crippen molar-refractivity contribution in [3.63, 3.8) is 0 Å². The molecule has 0 heteroatoms. The van der Waals surface area contributed by atoms with Crippen molar-refractivity contribution >= 4 is 43.5 Å². The minimum atomic E-state index is -0.255. The minimum absolute atomic E-state index is 0.255. The number of hydrogen-bond donors (Lipinski definition) is 0. The fourth-order valence-electron chi connectivity index (χ4n) is 11.9. The monoisotopic (exact) mass is 893 g/mol. The molecule has 340 valence electrons. The minimum Gasteiger partial charge on any atom is -0.0911 e. The third kappa shape index (κ3) is 8.52. The van der Waals surface area contributed by atoms with Crippen LogP contribution >= 0.6 is 0 Å². The van der Waals surface area contributed by atoms with Crippen molar-refractivity contribution in [3.8, 4) is 11.1 Å². The summed E-state index contributed by atoms with van der Waals surface area (Å²) >= 11 is 0. The molecule has 0 nitrogen and oxygen atoms in total. The lowest BCUT2D eigenvalue weighted by Gasteiger charge is -2.37. The summed E-state index contributed by atoms with van der Waals surface area (Å²) in [6.45, 7) is 15.6. The summed E-state index contributed by atoms with van der Waals surface area (Å²) in [4.78, 5) is 0. The topological polar surface area (TPSA) is 0 Å². The average molecular weight is 893 g/mol. The Balaban J connectivity index is 0.000000122. The van der Waals surface area contributed by atoms with E-state index in [0.717, 1.165) is 12.0 Å². The predicted octanol–water partition coefficient (Wildman–Crippen LogP) is 19.1. The number of fused-ring (bicyclic) bond motifs is 9. The number of aryl methyl sites for hydroxylation is 2. The zero-order chi connectivity index (χ0) is 47.5. The van der Waals surface area contributed by atoms with Crippen molar-refractivity contribution in [2.75, 3.05) is 0 Å². The SMILES string of the molecule is C=C1/C=C\C(C)=C/CC(c2ccccc2)(c2ccccc2)c2ccccc21.CC1=C(C)C2(CCCCC2)c2ccc(-c3ccc(C)cc3)cc21.Cc1ccc2c3ccccc3c3ccccc3c2c1. The summed E-state index contributed by atoms with van der Waals surface area (Å²) in [5.41, 5.74) is 19.1. The van der Waals surface area contributed by atoms with Crippen LogP contribution in [-0.4, -0.2) is 0 Å². The maximum absolute atomic E-state index is 4.37. The van der Waals surface area contributed by atoms with E-state index in [0.29, 0.717) is 5.41 Å². The number of rotatable bonds is 3. The molecule has 1 spiro atoms. The first-order valence-electron chi connectivity index (χ1n) is 25.1. The van der Waals surface area contributed by atoms with Crippen molar-refractivity contribution in [1.29, 1.82) is 0 Å². The Hall–Kier alpha value is -7.28. The zero-order valence-electron chi connectivity index (χ0n) is 41.2. The summed E-state index contributed by atoms with van der Waals surface area (Å²) in [5.74, 6) is 0. The van der Waals surface area contributed by atoms with Crippen molar-refractivity contribution in [1.82, 2.24) is 0 Å². The fourth-order valence-corrected chi connectivity index (χ4v) is 11.9. The molecule has 0 radical (unpaired) electrons. The standard InChI is InChI=1S/C27H24.C23H26.C19H14/c1-21-17-18-22(2)25-15-9-10-16-26(25)27(20-19-21,23-11-5-3-6-12-23)24-13-7-4-8-14-24;1-16-7-9-19(10-8-16)20-11-12-22-21(15-20)17(2)18(3)23(22)13-5-4-6-14-23;1-13-10-11-18-16-8-3-2-6-14(16)15-7-4-5-9-17(15)19(18)12-13/h3-19H,2,20H2,1H3;7-12,15H,4-6,13-14H2,1-3H3;2-12H,1H3/b18-17-,21-19-;;. The van der Waals surface area contributed by atoms with E-state index >= 15 is 0 Å². The van der Waals surface area contributed by atoms with Gasteiger partial charge in [-0.05, 0) is 148 Å². The van der Waals surface area contributed by atoms with E-state index in [-0.39, 0.29) is 5.41 Å². The lowest BCUT2D eigenvalue weighted by Crippen LogP contribution is -2.30. The Morgan fingerprint density at radius 2 is 0.928 bits per heavy atom. The molecule has 3 aliphatic rings. The lowest BCUT2D eigenvalue weighted by molar-refractivity contribution is 0.345. The third-order valence-electron chi connectivity index (χ3n) is 15.8. The predicted molar refractivity (Wildman–Crippen MR) is 299 cm³/mol. The largest absolute Gasteiger partial charge is 0.0911 e. The third-order valence-corrected chi connectivity index (χ3v) is 15.8. The summed E-state index contributed by atoms with van der Waals surface area (Å²) in [7, 11) is 0. The van der Waals surface area contributed by atoms with Crippen molar-refractivity contribution < 1.29 is 0 Å². The molecular formula is C69H64. The first-order valence-corrected chi connectivity index (χ1v) is 25.1. The Kier molecular flexibility index (Phi) is 12.8. The van der Waals surface area contributed by atoms with Gasteiger partial charge in [0.05, 0.1) is 0 Å². The van der Waals surface area contributed by atoms with Gasteiger partial charge in [-0.15, -0.1) is 0 Å². The van der Waals surface area contributed by atoms with Gasteiger partial charge in [-0.25, -0.2) is 0 Å². The molecule has 0 heterocycles.